The largest absolute Gasteiger partial charge is 0.471 e. The third-order valence-electron chi connectivity index (χ3n) is 5.55. The highest BCUT2D eigenvalue weighted by Crippen LogP contribution is 2.38. The van der Waals surface area contributed by atoms with Crippen LogP contribution in [-0.2, 0) is 15.4 Å². The van der Waals surface area contributed by atoms with E-state index in [0.717, 1.165) is 18.3 Å². The number of sulfone groups is 1. The molecular formula is C22H26F2N4O4S. The second kappa shape index (κ2) is 8.79. The second-order valence-electron chi connectivity index (χ2n) is 8.62. The van der Waals surface area contributed by atoms with Crippen molar-refractivity contribution >= 4 is 27.6 Å². The van der Waals surface area contributed by atoms with Gasteiger partial charge in [-0.2, -0.15) is 0 Å². The molecule has 0 saturated heterocycles. The molecule has 1 aromatic carbocycles. The predicted molar refractivity (Wildman–Crippen MR) is 121 cm³/mol. The number of aliphatic imine (C=N–C) groups is 1. The highest BCUT2D eigenvalue weighted by molar-refractivity contribution is 7.93. The summed E-state index contributed by atoms with van der Waals surface area (Å²) in [6.07, 6.45) is 3.02. The van der Waals surface area contributed by atoms with Crippen LogP contribution in [0.4, 0.5) is 8.78 Å². The van der Waals surface area contributed by atoms with E-state index in [1.54, 1.807) is 6.92 Å². The zero-order valence-electron chi connectivity index (χ0n) is 18.7. The lowest BCUT2D eigenvalue weighted by atomic mass is 9.91. The van der Waals surface area contributed by atoms with Gasteiger partial charge in [0.05, 0.1) is 24.8 Å². The molecule has 3 rings (SSSR count). The fraction of sp³-hybridized carbons (Fsp3) is 0.409. The minimum absolute atomic E-state index is 0.0149. The van der Waals surface area contributed by atoms with Crippen LogP contribution >= 0.6 is 0 Å². The van der Waals surface area contributed by atoms with Gasteiger partial charge in [-0.3, -0.25) is 4.99 Å². The minimum atomic E-state index is -3.73. The van der Waals surface area contributed by atoms with Crippen molar-refractivity contribution < 1.29 is 27.0 Å². The van der Waals surface area contributed by atoms with Crippen molar-refractivity contribution in [2.45, 2.75) is 44.1 Å². The number of hydrogen-bond acceptors (Lipinski definition) is 8. The van der Waals surface area contributed by atoms with E-state index < -0.39 is 43.6 Å². The molecule has 178 valence electrons. The summed E-state index contributed by atoms with van der Waals surface area (Å²) in [6.45, 7) is 5.81. The van der Waals surface area contributed by atoms with Gasteiger partial charge in [-0.25, -0.2) is 27.2 Å². The van der Waals surface area contributed by atoms with Crippen LogP contribution in [0, 0.1) is 5.82 Å². The van der Waals surface area contributed by atoms with Crippen molar-refractivity contribution in [3.8, 4) is 5.88 Å². The number of halogens is 2. The molecule has 0 radical (unpaired) electrons. The first-order valence-electron chi connectivity index (χ1n) is 10.1. The fourth-order valence-corrected chi connectivity index (χ4v) is 4.98. The average molecular weight is 481 g/mol. The maximum atomic E-state index is 14.8. The van der Waals surface area contributed by atoms with Crippen molar-refractivity contribution in [1.82, 2.24) is 9.97 Å². The maximum absolute atomic E-state index is 14.8. The summed E-state index contributed by atoms with van der Waals surface area (Å²) >= 11 is 0. The lowest BCUT2D eigenvalue weighted by Gasteiger charge is -2.38. The van der Waals surface area contributed by atoms with Crippen LogP contribution in [0.5, 0.6) is 5.88 Å². The summed E-state index contributed by atoms with van der Waals surface area (Å²) in [6, 6.07) is 3.81. The molecule has 3 N–H and O–H groups in total. The summed E-state index contributed by atoms with van der Waals surface area (Å²) in [5, 5.41) is 9.01. The van der Waals surface area contributed by atoms with Gasteiger partial charge >= 0.3 is 0 Å². The molecule has 0 saturated carbocycles. The Bertz CT molecular complexity index is 1210. The van der Waals surface area contributed by atoms with E-state index in [0.29, 0.717) is 0 Å². The summed E-state index contributed by atoms with van der Waals surface area (Å²) in [7, 11) is -3.73. The molecule has 0 amide bonds. The molecule has 0 aliphatic carbocycles. The second-order valence-corrected chi connectivity index (χ2v) is 11.2. The van der Waals surface area contributed by atoms with Gasteiger partial charge in [-0.15, -0.1) is 0 Å². The molecule has 2 heterocycles. The highest BCUT2D eigenvalue weighted by atomic mass is 32.2. The first-order valence-corrected chi connectivity index (χ1v) is 11.8. The number of nitrogens with two attached hydrogens (primary N) is 1. The normalized spacial score (nSPS) is 23.0. The molecule has 1 unspecified atom stereocenters. The number of amidine groups is 1. The summed E-state index contributed by atoms with van der Waals surface area (Å²) in [5.41, 5.74) is 4.64. The van der Waals surface area contributed by atoms with Crippen LogP contribution in [0.1, 0.15) is 44.5 Å². The molecule has 33 heavy (non-hydrogen) atoms. The van der Waals surface area contributed by atoms with E-state index in [2.05, 4.69) is 15.0 Å². The number of aromatic nitrogens is 2. The molecule has 0 bridgehead atoms. The summed E-state index contributed by atoms with van der Waals surface area (Å²) in [5.74, 6) is -1.86. The van der Waals surface area contributed by atoms with Gasteiger partial charge in [0.1, 0.15) is 33.7 Å². The van der Waals surface area contributed by atoms with Crippen molar-refractivity contribution in [3.63, 3.8) is 0 Å². The molecule has 1 aromatic heterocycles. The Balaban J connectivity index is 1.95. The minimum Gasteiger partial charge on any atom is -0.471 e. The van der Waals surface area contributed by atoms with Crippen molar-refractivity contribution in [3.05, 3.63) is 53.2 Å². The predicted octanol–water partition coefficient (Wildman–Crippen LogP) is 2.62. The first-order chi connectivity index (χ1) is 15.3. The smallest absolute Gasteiger partial charge is 0.232 e. The lowest BCUT2D eigenvalue weighted by Crippen LogP contribution is -2.55. The van der Waals surface area contributed by atoms with Gasteiger partial charge in [-0.1, -0.05) is 6.07 Å². The third-order valence-corrected chi connectivity index (χ3v) is 8.25. The number of aliphatic hydroxyl groups is 1. The third kappa shape index (κ3) is 4.88. The number of aliphatic hydroxyl groups excluding tert-OH is 1. The Morgan fingerprint density at radius 1 is 1.30 bits per heavy atom. The molecule has 1 aliphatic heterocycles. The number of ether oxygens (including phenoxy) is 1. The SMILES string of the molecule is CC(CO)Oc1cnc(/C(F)=C/c2ccc(F)c([C@]3(C)CS(=O)(=O)C(C)(C)C(N)=N3)c2)cn1. The molecule has 0 spiro atoms. The monoisotopic (exact) mass is 480 g/mol. The Labute approximate surface area is 191 Å². The molecule has 2 aromatic rings. The molecule has 0 fully saturated rings. The van der Waals surface area contributed by atoms with Crippen molar-refractivity contribution in [2.24, 2.45) is 10.7 Å². The average Bonchev–Trinajstić information content (AvgIpc) is 2.73. The number of hydrogen-bond donors (Lipinski definition) is 2. The van der Waals surface area contributed by atoms with E-state index in [1.165, 1.54) is 39.1 Å². The first kappa shape index (κ1) is 24.7. The Morgan fingerprint density at radius 3 is 2.58 bits per heavy atom. The zero-order chi connectivity index (χ0) is 24.6. The van der Waals surface area contributed by atoms with Crippen LogP contribution in [-0.4, -0.2) is 52.5 Å². The van der Waals surface area contributed by atoms with E-state index >= 15 is 0 Å². The molecule has 8 nitrogen and oxygen atoms in total. The van der Waals surface area contributed by atoms with Crippen LogP contribution in [0.2, 0.25) is 0 Å². The van der Waals surface area contributed by atoms with Crippen LogP contribution in [0.15, 0.2) is 35.6 Å². The molecular weight excluding hydrogens is 454 g/mol. The molecule has 1 aliphatic rings. The summed E-state index contributed by atoms with van der Waals surface area (Å²) in [4.78, 5) is 12.2. The molecule has 11 heteroatoms. The van der Waals surface area contributed by atoms with E-state index in [9.17, 15) is 17.2 Å². The standard InChI is InChI=1S/C22H26F2N4O4S/c1-13(11-29)32-19-10-26-18(9-27-19)17(24)8-14-5-6-16(23)15(7-14)22(4)12-33(30,31)21(2,3)20(25)28-22/h5-10,13,29H,11-12H2,1-4H3,(H2,25,28)/b17-8-/t13?,22-/m0/s1. The van der Waals surface area contributed by atoms with Gasteiger partial charge in [0, 0.05) is 5.56 Å². The van der Waals surface area contributed by atoms with Gasteiger partial charge < -0.3 is 15.6 Å². The maximum Gasteiger partial charge on any atom is 0.232 e. The summed E-state index contributed by atoms with van der Waals surface area (Å²) < 4.78 is 59.0. The molecule has 2 atom stereocenters. The van der Waals surface area contributed by atoms with Gasteiger partial charge in [-0.05, 0) is 51.5 Å². The Kier molecular flexibility index (Phi) is 6.58. The van der Waals surface area contributed by atoms with Gasteiger partial charge in [0.2, 0.25) is 5.88 Å². The van der Waals surface area contributed by atoms with Crippen LogP contribution in [0.3, 0.4) is 0 Å². The Morgan fingerprint density at radius 2 is 2.00 bits per heavy atom. The van der Waals surface area contributed by atoms with Gasteiger partial charge in [0.25, 0.3) is 0 Å². The fourth-order valence-electron chi connectivity index (χ4n) is 3.29. The lowest BCUT2D eigenvalue weighted by molar-refractivity contribution is 0.124. The van der Waals surface area contributed by atoms with Crippen molar-refractivity contribution in [2.75, 3.05) is 12.4 Å². The van der Waals surface area contributed by atoms with Crippen LogP contribution < -0.4 is 10.5 Å². The van der Waals surface area contributed by atoms with Crippen molar-refractivity contribution in [1.29, 1.82) is 0 Å². The topological polar surface area (TPSA) is 128 Å². The number of benzene rings is 1. The highest BCUT2D eigenvalue weighted by Gasteiger charge is 2.49. The quantitative estimate of drug-likeness (QED) is 0.650. The van der Waals surface area contributed by atoms with E-state index in [4.69, 9.17) is 15.6 Å². The van der Waals surface area contributed by atoms with Crippen LogP contribution in [0.25, 0.3) is 11.9 Å². The van der Waals surface area contributed by atoms with Gasteiger partial charge in [0.15, 0.2) is 15.7 Å². The Hall–Kier alpha value is -2.92. The van der Waals surface area contributed by atoms with E-state index in [1.807, 2.05) is 0 Å². The number of nitrogens with zero attached hydrogens (tertiary/aromatic N) is 3. The van der Waals surface area contributed by atoms with E-state index in [-0.39, 0.29) is 35.1 Å². The number of rotatable bonds is 6. The zero-order valence-corrected chi connectivity index (χ0v) is 19.5.